The summed E-state index contributed by atoms with van der Waals surface area (Å²) in [6, 6.07) is 13.9. The van der Waals surface area contributed by atoms with Crippen molar-refractivity contribution >= 4 is 40.2 Å². The molecular formula is C16H14INO4. The second kappa shape index (κ2) is 7.79. The predicted octanol–water partition coefficient (Wildman–Crippen LogP) is 3.10. The Hall–Kier alpha value is -2.09. The molecule has 0 bridgehead atoms. The standard InChI is InChI=1S/C16H14INO4/c1-21-14-4-2-3-11(9-14)16(20)22-10-15(19)18-13-7-5-12(17)6-8-13/h2-9H,10H2,1H3,(H,18,19). The number of amides is 1. The second-order valence-electron chi connectivity index (χ2n) is 4.36. The van der Waals surface area contributed by atoms with Gasteiger partial charge in [0.25, 0.3) is 5.91 Å². The zero-order valence-electron chi connectivity index (χ0n) is 11.8. The molecule has 1 N–H and O–H groups in total. The van der Waals surface area contributed by atoms with Gasteiger partial charge in [-0.25, -0.2) is 4.79 Å². The molecule has 0 heterocycles. The summed E-state index contributed by atoms with van der Waals surface area (Å²) in [5.74, 6) is -0.410. The minimum atomic E-state index is -0.573. The topological polar surface area (TPSA) is 64.6 Å². The van der Waals surface area contributed by atoms with Gasteiger partial charge in [-0.1, -0.05) is 6.07 Å². The number of anilines is 1. The van der Waals surface area contributed by atoms with Gasteiger partial charge in [-0.3, -0.25) is 4.79 Å². The Morgan fingerprint density at radius 2 is 1.86 bits per heavy atom. The Bertz CT molecular complexity index is 670. The number of nitrogens with one attached hydrogen (secondary N) is 1. The van der Waals surface area contributed by atoms with Gasteiger partial charge >= 0.3 is 5.97 Å². The van der Waals surface area contributed by atoms with Gasteiger partial charge in [0, 0.05) is 9.26 Å². The van der Waals surface area contributed by atoms with E-state index in [1.807, 2.05) is 12.1 Å². The highest BCUT2D eigenvalue weighted by Crippen LogP contribution is 2.14. The van der Waals surface area contributed by atoms with Crippen LogP contribution in [0.1, 0.15) is 10.4 Å². The molecule has 0 unspecified atom stereocenters. The number of carbonyl (C=O) groups excluding carboxylic acids is 2. The normalized spacial score (nSPS) is 9.91. The van der Waals surface area contributed by atoms with Gasteiger partial charge in [0.05, 0.1) is 12.7 Å². The lowest BCUT2D eigenvalue weighted by Crippen LogP contribution is -2.20. The molecule has 114 valence electrons. The van der Waals surface area contributed by atoms with Crippen molar-refractivity contribution in [3.05, 3.63) is 57.7 Å². The Morgan fingerprint density at radius 1 is 1.14 bits per heavy atom. The van der Waals surface area contributed by atoms with Gasteiger partial charge in [-0.2, -0.15) is 0 Å². The predicted molar refractivity (Wildman–Crippen MR) is 91.1 cm³/mol. The number of carbonyl (C=O) groups is 2. The number of methoxy groups -OCH3 is 1. The number of benzene rings is 2. The van der Waals surface area contributed by atoms with Crippen LogP contribution in [-0.2, 0) is 9.53 Å². The smallest absolute Gasteiger partial charge is 0.338 e. The van der Waals surface area contributed by atoms with Crippen LogP contribution in [0.25, 0.3) is 0 Å². The van der Waals surface area contributed by atoms with E-state index >= 15 is 0 Å². The van der Waals surface area contributed by atoms with E-state index in [1.165, 1.54) is 7.11 Å². The Balaban J connectivity index is 1.87. The molecular weight excluding hydrogens is 397 g/mol. The summed E-state index contributed by atoms with van der Waals surface area (Å²) in [5.41, 5.74) is 0.990. The van der Waals surface area contributed by atoms with Crippen molar-refractivity contribution in [2.45, 2.75) is 0 Å². The molecule has 22 heavy (non-hydrogen) atoms. The third kappa shape index (κ3) is 4.73. The molecule has 0 saturated heterocycles. The van der Waals surface area contributed by atoms with Crippen molar-refractivity contribution in [1.82, 2.24) is 0 Å². The molecule has 2 aromatic carbocycles. The summed E-state index contributed by atoms with van der Waals surface area (Å²) < 4.78 is 11.1. The Labute approximate surface area is 141 Å². The third-order valence-corrected chi connectivity index (χ3v) is 3.49. The molecule has 2 aromatic rings. The fourth-order valence-corrected chi connectivity index (χ4v) is 2.05. The maximum Gasteiger partial charge on any atom is 0.338 e. The maximum absolute atomic E-state index is 11.9. The molecule has 0 aliphatic rings. The van der Waals surface area contributed by atoms with E-state index in [-0.39, 0.29) is 6.61 Å². The Morgan fingerprint density at radius 3 is 2.55 bits per heavy atom. The van der Waals surface area contributed by atoms with E-state index in [0.717, 1.165) is 3.57 Å². The van der Waals surface area contributed by atoms with Crippen molar-refractivity contribution in [1.29, 1.82) is 0 Å². The fraction of sp³-hybridized carbons (Fsp3) is 0.125. The summed E-state index contributed by atoms with van der Waals surface area (Å²) in [7, 11) is 1.51. The summed E-state index contributed by atoms with van der Waals surface area (Å²) in [4.78, 5) is 23.6. The van der Waals surface area contributed by atoms with Crippen LogP contribution in [0.4, 0.5) is 5.69 Å². The highest BCUT2D eigenvalue weighted by atomic mass is 127. The average Bonchev–Trinajstić information content (AvgIpc) is 2.55. The molecule has 6 heteroatoms. The monoisotopic (exact) mass is 411 g/mol. The average molecular weight is 411 g/mol. The van der Waals surface area contributed by atoms with E-state index in [4.69, 9.17) is 9.47 Å². The van der Waals surface area contributed by atoms with Crippen molar-refractivity contribution in [2.75, 3.05) is 19.0 Å². The summed E-state index contributed by atoms with van der Waals surface area (Å²) in [6.45, 7) is -0.345. The maximum atomic E-state index is 11.9. The van der Waals surface area contributed by atoms with Crippen molar-refractivity contribution in [3.63, 3.8) is 0 Å². The lowest BCUT2D eigenvalue weighted by atomic mass is 10.2. The van der Waals surface area contributed by atoms with E-state index < -0.39 is 11.9 Å². The van der Waals surface area contributed by atoms with Crippen LogP contribution in [0, 0.1) is 3.57 Å². The molecule has 0 spiro atoms. The molecule has 0 saturated carbocycles. The van der Waals surface area contributed by atoms with Crippen molar-refractivity contribution < 1.29 is 19.1 Å². The van der Waals surface area contributed by atoms with Crippen LogP contribution >= 0.6 is 22.6 Å². The molecule has 0 aromatic heterocycles. The van der Waals surface area contributed by atoms with Gasteiger partial charge in [-0.15, -0.1) is 0 Å². The largest absolute Gasteiger partial charge is 0.497 e. The van der Waals surface area contributed by atoms with Gasteiger partial charge in [0.15, 0.2) is 6.61 Å². The zero-order chi connectivity index (χ0) is 15.9. The SMILES string of the molecule is COc1cccc(C(=O)OCC(=O)Nc2ccc(I)cc2)c1. The van der Waals surface area contributed by atoms with Gasteiger partial charge in [0.2, 0.25) is 0 Å². The quantitative estimate of drug-likeness (QED) is 0.607. The molecule has 1 amide bonds. The number of hydrogen-bond acceptors (Lipinski definition) is 4. The van der Waals surface area contributed by atoms with Crippen molar-refractivity contribution in [2.24, 2.45) is 0 Å². The first-order chi connectivity index (χ1) is 10.6. The molecule has 0 radical (unpaired) electrons. The Kier molecular flexibility index (Phi) is 5.76. The molecule has 0 aliphatic heterocycles. The molecule has 0 atom stereocenters. The number of halogens is 1. The van der Waals surface area contributed by atoms with Gasteiger partial charge in [-0.05, 0) is 65.1 Å². The van der Waals surface area contributed by atoms with Crippen LogP contribution in [0.15, 0.2) is 48.5 Å². The van der Waals surface area contributed by atoms with Crippen molar-refractivity contribution in [3.8, 4) is 5.75 Å². The first kappa shape index (κ1) is 16.3. The molecule has 0 fully saturated rings. The summed E-state index contributed by atoms with van der Waals surface area (Å²) >= 11 is 2.18. The lowest BCUT2D eigenvalue weighted by Gasteiger charge is -2.07. The second-order valence-corrected chi connectivity index (χ2v) is 5.61. The van der Waals surface area contributed by atoms with Gasteiger partial charge in [0.1, 0.15) is 5.75 Å². The summed E-state index contributed by atoms with van der Waals surface area (Å²) in [5, 5.41) is 2.65. The summed E-state index contributed by atoms with van der Waals surface area (Å²) in [6.07, 6.45) is 0. The number of hydrogen-bond donors (Lipinski definition) is 1. The first-order valence-corrected chi connectivity index (χ1v) is 7.53. The lowest BCUT2D eigenvalue weighted by molar-refractivity contribution is -0.119. The fourth-order valence-electron chi connectivity index (χ4n) is 1.69. The minimum Gasteiger partial charge on any atom is -0.497 e. The minimum absolute atomic E-state index is 0.335. The highest BCUT2D eigenvalue weighted by Gasteiger charge is 2.11. The molecule has 2 rings (SSSR count). The van der Waals surface area contributed by atoms with Crippen LogP contribution in [-0.4, -0.2) is 25.6 Å². The number of rotatable bonds is 5. The zero-order valence-corrected chi connectivity index (χ0v) is 14.0. The third-order valence-electron chi connectivity index (χ3n) is 2.77. The van der Waals surface area contributed by atoms with Crippen LogP contribution < -0.4 is 10.1 Å². The van der Waals surface area contributed by atoms with Crippen LogP contribution in [0.5, 0.6) is 5.75 Å². The van der Waals surface area contributed by atoms with E-state index in [9.17, 15) is 9.59 Å². The highest BCUT2D eigenvalue weighted by molar-refractivity contribution is 14.1. The van der Waals surface area contributed by atoms with E-state index in [1.54, 1.807) is 36.4 Å². The van der Waals surface area contributed by atoms with Gasteiger partial charge < -0.3 is 14.8 Å². The van der Waals surface area contributed by atoms with E-state index in [2.05, 4.69) is 27.9 Å². The number of esters is 1. The first-order valence-electron chi connectivity index (χ1n) is 6.45. The molecule has 5 nitrogen and oxygen atoms in total. The molecule has 0 aliphatic carbocycles. The van der Waals surface area contributed by atoms with Crippen LogP contribution in [0.3, 0.4) is 0 Å². The van der Waals surface area contributed by atoms with E-state index in [0.29, 0.717) is 17.0 Å². The number of ether oxygens (including phenoxy) is 2. The van der Waals surface area contributed by atoms with Crippen LogP contribution in [0.2, 0.25) is 0 Å².